The molecule has 1 fully saturated rings. The molecule has 0 aliphatic carbocycles. The Hall–Kier alpha value is -2.40. The summed E-state index contributed by atoms with van der Waals surface area (Å²) in [6, 6.07) is 13.6. The van der Waals surface area contributed by atoms with Crippen molar-refractivity contribution in [3.63, 3.8) is 0 Å². The van der Waals surface area contributed by atoms with Gasteiger partial charge in [0.05, 0.1) is 6.04 Å². The number of benzene rings is 2. The van der Waals surface area contributed by atoms with Crippen molar-refractivity contribution in [2.45, 2.75) is 25.7 Å². The van der Waals surface area contributed by atoms with Crippen molar-refractivity contribution < 1.29 is 13.9 Å². The zero-order chi connectivity index (χ0) is 15.5. The SMILES string of the molecule is C[C@@H]1N[C@@H](c2ccc(OCc3cccc(F)c3)cc2)NC1=O. The number of hydrogen-bond acceptors (Lipinski definition) is 3. The molecule has 5 heteroatoms. The van der Waals surface area contributed by atoms with Gasteiger partial charge in [-0.25, -0.2) is 4.39 Å². The van der Waals surface area contributed by atoms with Gasteiger partial charge in [0.25, 0.3) is 0 Å². The van der Waals surface area contributed by atoms with Crippen LogP contribution in [-0.2, 0) is 11.4 Å². The largest absolute Gasteiger partial charge is 0.489 e. The molecule has 4 nitrogen and oxygen atoms in total. The molecule has 1 heterocycles. The fourth-order valence-corrected chi connectivity index (χ4v) is 2.36. The second-order valence-corrected chi connectivity index (χ2v) is 5.32. The van der Waals surface area contributed by atoms with Gasteiger partial charge in [0, 0.05) is 0 Å². The van der Waals surface area contributed by atoms with Crippen molar-refractivity contribution >= 4 is 5.91 Å². The van der Waals surface area contributed by atoms with Gasteiger partial charge in [-0.1, -0.05) is 24.3 Å². The number of rotatable bonds is 4. The second-order valence-electron chi connectivity index (χ2n) is 5.32. The third kappa shape index (κ3) is 3.26. The van der Waals surface area contributed by atoms with Crippen molar-refractivity contribution in [1.29, 1.82) is 0 Å². The van der Waals surface area contributed by atoms with Crippen LogP contribution in [0.2, 0.25) is 0 Å². The maximum atomic E-state index is 13.1. The Kier molecular flexibility index (Phi) is 4.06. The Morgan fingerprint density at radius 2 is 1.95 bits per heavy atom. The lowest BCUT2D eigenvalue weighted by Gasteiger charge is -2.12. The normalized spacial score (nSPS) is 20.7. The van der Waals surface area contributed by atoms with E-state index in [0.717, 1.165) is 11.1 Å². The molecule has 0 unspecified atom stereocenters. The summed E-state index contributed by atoms with van der Waals surface area (Å²) in [5, 5.41) is 6.03. The number of carbonyl (C=O) groups excluding carboxylic acids is 1. The van der Waals surface area contributed by atoms with Crippen LogP contribution in [0.4, 0.5) is 4.39 Å². The highest BCUT2D eigenvalue weighted by Crippen LogP contribution is 2.20. The number of nitrogens with one attached hydrogen (secondary N) is 2. The minimum atomic E-state index is -0.270. The van der Waals surface area contributed by atoms with E-state index in [9.17, 15) is 9.18 Å². The Bertz CT molecular complexity index is 673. The van der Waals surface area contributed by atoms with Crippen LogP contribution in [0.25, 0.3) is 0 Å². The van der Waals surface area contributed by atoms with Gasteiger partial charge in [-0.05, 0) is 42.3 Å². The van der Waals surface area contributed by atoms with Gasteiger partial charge in [0.1, 0.15) is 24.3 Å². The molecule has 3 rings (SSSR count). The quantitative estimate of drug-likeness (QED) is 0.912. The minimum Gasteiger partial charge on any atom is -0.489 e. The van der Waals surface area contributed by atoms with Crippen molar-refractivity contribution in [3.8, 4) is 5.75 Å². The topological polar surface area (TPSA) is 50.4 Å². The first-order valence-electron chi connectivity index (χ1n) is 7.15. The van der Waals surface area contributed by atoms with Crippen LogP contribution in [0.5, 0.6) is 5.75 Å². The Morgan fingerprint density at radius 3 is 2.59 bits per heavy atom. The van der Waals surface area contributed by atoms with E-state index in [1.54, 1.807) is 6.07 Å². The van der Waals surface area contributed by atoms with Crippen LogP contribution in [0.15, 0.2) is 48.5 Å². The van der Waals surface area contributed by atoms with Crippen molar-refractivity contribution in [2.75, 3.05) is 0 Å². The first-order chi connectivity index (χ1) is 10.6. The Morgan fingerprint density at radius 1 is 1.18 bits per heavy atom. The molecule has 0 spiro atoms. The summed E-state index contributed by atoms with van der Waals surface area (Å²) in [7, 11) is 0. The summed E-state index contributed by atoms with van der Waals surface area (Å²) in [6.07, 6.45) is -0.167. The predicted molar refractivity (Wildman–Crippen MR) is 80.7 cm³/mol. The fourth-order valence-electron chi connectivity index (χ4n) is 2.36. The van der Waals surface area contributed by atoms with Crippen LogP contribution in [-0.4, -0.2) is 11.9 Å². The van der Waals surface area contributed by atoms with E-state index < -0.39 is 0 Å². The zero-order valence-corrected chi connectivity index (χ0v) is 12.2. The van der Waals surface area contributed by atoms with E-state index in [1.165, 1.54) is 12.1 Å². The lowest BCUT2D eigenvalue weighted by atomic mass is 10.1. The molecule has 2 aromatic rings. The number of carbonyl (C=O) groups is 1. The van der Waals surface area contributed by atoms with E-state index in [-0.39, 0.29) is 23.9 Å². The molecule has 2 aromatic carbocycles. The second kappa shape index (κ2) is 6.15. The highest BCUT2D eigenvalue weighted by molar-refractivity contribution is 5.83. The Labute approximate surface area is 128 Å². The van der Waals surface area contributed by atoms with Gasteiger partial charge in [-0.2, -0.15) is 0 Å². The molecule has 2 N–H and O–H groups in total. The number of ether oxygens (including phenoxy) is 1. The lowest BCUT2D eigenvalue weighted by Crippen LogP contribution is -2.24. The summed E-state index contributed by atoms with van der Waals surface area (Å²) in [5.41, 5.74) is 1.75. The van der Waals surface area contributed by atoms with E-state index in [2.05, 4.69) is 10.6 Å². The monoisotopic (exact) mass is 300 g/mol. The van der Waals surface area contributed by atoms with Crippen LogP contribution < -0.4 is 15.4 Å². The molecule has 0 radical (unpaired) electrons. The molecule has 114 valence electrons. The van der Waals surface area contributed by atoms with Gasteiger partial charge >= 0.3 is 0 Å². The molecule has 1 saturated heterocycles. The molecular formula is C17H17FN2O2. The average Bonchev–Trinajstić information content (AvgIpc) is 2.85. The zero-order valence-electron chi connectivity index (χ0n) is 12.2. The molecule has 22 heavy (non-hydrogen) atoms. The Balaban J connectivity index is 1.61. The first kappa shape index (κ1) is 14.5. The number of amides is 1. The third-order valence-electron chi connectivity index (χ3n) is 3.60. The smallest absolute Gasteiger partial charge is 0.238 e. The molecule has 1 amide bonds. The maximum Gasteiger partial charge on any atom is 0.238 e. The highest BCUT2D eigenvalue weighted by atomic mass is 19.1. The van der Waals surface area contributed by atoms with Gasteiger partial charge in [0.2, 0.25) is 5.91 Å². The minimum absolute atomic E-state index is 0.00330. The summed E-state index contributed by atoms with van der Waals surface area (Å²) in [4.78, 5) is 11.5. The third-order valence-corrected chi connectivity index (χ3v) is 3.60. The summed E-state index contributed by atoms with van der Waals surface area (Å²) >= 11 is 0. The average molecular weight is 300 g/mol. The number of halogens is 1. The summed E-state index contributed by atoms with van der Waals surface area (Å²) < 4.78 is 18.7. The molecule has 0 bridgehead atoms. The fraction of sp³-hybridized carbons (Fsp3) is 0.235. The van der Waals surface area contributed by atoms with Gasteiger partial charge < -0.3 is 10.1 Å². The standard InChI is InChI=1S/C17H17FN2O2/c1-11-17(21)20-16(19-11)13-5-7-15(8-6-13)22-10-12-3-2-4-14(18)9-12/h2-9,11,16,19H,10H2,1H3,(H,20,21)/t11-,16+/m0/s1. The van der Waals surface area contributed by atoms with E-state index in [4.69, 9.17) is 4.74 Å². The van der Waals surface area contributed by atoms with Gasteiger partial charge in [-0.3, -0.25) is 10.1 Å². The molecule has 0 aromatic heterocycles. The molecule has 2 atom stereocenters. The van der Waals surface area contributed by atoms with Crippen LogP contribution in [0.3, 0.4) is 0 Å². The molecule has 1 aliphatic heterocycles. The highest BCUT2D eigenvalue weighted by Gasteiger charge is 2.28. The molecule has 0 saturated carbocycles. The molecular weight excluding hydrogens is 283 g/mol. The predicted octanol–water partition coefficient (Wildman–Crippen LogP) is 2.51. The van der Waals surface area contributed by atoms with Crippen LogP contribution >= 0.6 is 0 Å². The van der Waals surface area contributed by atoms with E-state index in [0.29, 0.717) is 12.4 Å². The first-order valence-corrected chi connectivity index (χ1v) is 7.15. The van der Waals surface area contributed by atoms with Crippen LogP contribution in [0, 0.1) is 5.82 Å². The summed E-state index contributed by atoms with van der Waals surface area (Å²) in [6.45, 7) is 2.14. The summed E-state index contributed by atoms with van der Waals surface area (Å²) in [5.74, 6) is 0.426. The lowest BCUT2D eigenvalue weighted by molar-refractivity contribution is -0.120. The van der Waals surface area contributed by atoms with E-state index in [1.807, 2.05) is 37.3 Å². The van der Waals surface area contributed by atoms with Gasteiger partial charge in [-0.15, -0.1) is 0 Å². The van der Waals surface area contributed by atoms with Crippen molar-refractivity contribution in [1.82, 2.24) is 10.6 Å². The van der Waals surface area contributed by atoms with Crippen LogP contribution in [0.1, 0.15) is 24.2 Å². The molecule has 1 aliphatic rings. The number of hydrogen-bond donors (Lipinski definition) is 2. The van der Waals surface area contributed by atoms with Crippen molar-refractivity contribution in [2.24, 2.45) is 0 Å². The van der Waals surface area contributed by atoms with Crippen molar-refractivity contribution in [3.05, 3.63) is 65.5 Å². The maximum absolute atomic E-state index is 13.1. The van der Waals surface area contributed by atoms with E-state index >= 15 is 0 Å². The van der Waals surface area contributed by atoms with Gasteiger partial charge in [0.15, 0.2) is 0 Å².